The van der Waals surface area contributed by atoms with Gasteiger partial charge in [-0.3, -0.25) is 4.68 Å². The van der Waals surface area contributed by atoms with E-state index in [1.165, 1.54) is 17.9 Å². The van der Waals surface area contributed by atoms with Crippen molar-refractivity contribution in [3.05, 3.63) is 12.2 Å². The van der Waals surface area contributed by atoms with Crippen LogP contribution in [0.25, 0.3) is 0 Å². The lowest BCUT2D eigenvalue weighted by molar-refractivity contribution is 0.554. The van der Waals surface area contributed by atoms with E-state index in [4.69, 9.17) is 0 Å². The molecule has 0 spiro atoms. The molecule has 5 heteroatoms. The van der Waals surface area contributed by atoms with Crippen LogP contribution >= 0.6 is 11.8 Å². The van der Waals surface area contributed by atoms with Crippen LogP contribution < -0.4 is 5.32 Å². The van der Waals surface area contributed by atoms with Crippen molar-refractivity contribution in [2.24, 2.45) is 7.05 Å². The molecule has 1 aliphatic rings. The quantitative estimate of drug-likeness (QED) is 0.787. The zero-order valence-corrected chi connectivity index (χ0v) is 9.26. The molecule has 0 radical (unpaired) electrons. The molecule has 1 atom stereocenters. The Balaban J connectivity index is 1.67. The van der Waals surface area contributed by atoms with Crippen molar-refractivity contribution in [2.75, 3.05) is 18.1 Å². The maximum atomic E-state index is 4.24. The van der Waals surface area contributed by atoms with E-state index in [9.17, 15) is 0 Å². The summed E-state index contributed by atoms with van der Waals surface area (Å²) in [6, 6.07) is 0.712. The van der Waals surface area contributed by atoms with Crippen LogP contribution in [-0.2, 0) is 13.5 Å². The summed E-state index contributed by atoms with van der Waals surface area (Å²) in [5.74, 6) is 3.50. The maximum absolute atomic E-state index is 4.24. The molecule has 1 saturated heterocycles. The van der Waals surface area contributed by atoms with Gasteiger partial charge < -0.3 is 5.32 Å². The largest absolute Gasteiger partial charge is 0.313 e. The lowest BCUT2D eigenvalue weighted by Crippen LogP contribution is -2.30. The smallest absolute Gasteiger partial charge is 0.151 e. The number of hydrogen-bond acceptors (Lipinski definition) is 4. The summed E-state index contributed by atoms with van der Waals surface area (Å²) in [6.45, 7) is 0.995. The van der Waals surface area contributed by atoms with Gasteiger partial charge in [-0.2, -0.15) is 16.9 Å². The van der Waals surface area contributed by atoms with Gasteiger partial charge >= 0.3 is 0 Å². The van der Waals surface area contributed by atoms with Gasteiger partial charge in [0.15, 0.2) is 5.82 Å². The van der Waals surface area contributed by atoms with Crippen LogP contribution in [0.4, 0.5) is 0 Å². The summed E-state index contributed by atoms with van der Waals surface area (Å²) >= 11 is 2.03. The van der Waals surface area contributed by atoms with Crippen LogP contribution in [0.1, 0.15) is 12.2 Å². The number of hydrogen-bond donors (Lipinski definition) is 1. The predicted molar refractivity (Wildman–Crippen MR) is 58.4 cm³/mol. The molecule has 0 aliphatic carbocycles. The zero-order valence-electron chi connectivity index (χ0n) is 8.44. The molecule has 0 saturated carbocycles. The Morgan fingerprint density at radius 2 is 2.64 bits per heavy atom. The van der Waals surface area contributed by atoms with Crippen molar-refractivity contribution in [3.8, 4) is 0 Å². The zero-order chi connectivity index (χ0) is 9.80. The molecule has 1 aromatic rings. The molecular weight excluding hydrogens is 196 g/mol. The minimum absolute atomic E-state index is 0.712. The number of aromatic nitrogens is 3. The molecule has 1 unspecified atom stereocenters. The van der Waals surface area contributed by atoms with Crippen molar-refractivity contribution in [1.29, 1.82) is 0 Å². The second-order valence-electron chi connectivity index (χ2n) is 3.60. The normalized spacial score (nSPS) is 21.6. The fraction of sp³-hybridized carbons (Fsp3) is 0.778. The van der Waals surface area contributed by atoms with Crippen molar-refractivity contribution in [1.82, 2.24) is 20.1 Å². The molecule has 2 heterocycles. The maximum Gasteiger partial charge on any atom is 0.151 e. The molecule has 4 nitrogen and oxygen atoms in total. The molecular formula is C9H16N4S. The van der Waals surface area contributed by atoms with Gasteiger partial charge in [0.05, 0.1) is 0 Å². The highest BCUT2D eigenvalue weighted by Gasteiger charge is 2.14. The number of aryl methyl sites for hydroxylation is 1. The van der Waals surface area contributed by atoms with Gasteiger partial charge in [0.25, 0.3) is 0 Å². The third kappa shape index (κ3) is 2.72. The van der Waals surface area contributed by atoms with E-state index in [1.807, 2.05) is 18.8 Å². The van der Waals surface area contributed by atoms with E-state index in [0.29, 0.717) is 6.04 Å². The van der Waals surface area contributed by atoms with Gasteiger partial charge in [0.2, 0.25) is 0 Å². The van der Waals surface area contributed by atoms with Crippen LogP contribution in [0.5, 0.6) is 0 Å². The minimum atomic E-state index is 0.712. The molecule has 1 N–H and O–H groups in total. The van der Waals surface area contributed by atoms with E-state index in [-0.39, 0.29) is 0 Å². The highest BCUT2D eigenvalue weighted by Crippen LogP contribution is 2.16. The van der Waals surface area contributed by atoms with Crippen molar-refractivity contribution >= 4 is 11.8 Å². The molecule has 0 amide bonds. The Morgan fingerprint density at radius 3 is 3.29 bits per heavy atom. The molecule has 1 fully saturated rings. The average molecular weight is 212 g/mol. The molecule has 0 aromatic carbocycles. The van der Waals surface area contributed by atoms with Crippen LogP contribution in [0.2, 0.25) is 0 Å². The lowest BCUT2D eigenvalue weighted by atomic mass is 10.2. The number of thioether (sulfide) groups is 1. The fourth-order valence-electron chi connectivity index (χ4n) is 1.58. The summed E-state index contributed by atoms with van der Waals surface area (Å²) in [6.07, 6.45) is 3.99. The van der Waals surface area contributed by atoms with E-state index in [2.05, 4.69) is 15.4 Å². The molecule has 1 aliphatic heterocycles. The Bertz CT molecular complexity index is 280. The third-order valence-electron chi connectivity index (χ3n) is 2.36. The Labute approximate surface area is 88.5 Å². The molecule has 14 heavy (non-hydrogen) atoms. The molecule has 1 aromatic heterocycles. The first-order valence-corrected chi connectivity index (χ1v) is 6.16. The van der Waals surface area contributed by atoms with E-state index in [0.717, 1.165) is 18.8 Å². The Morgan fingerprint density at radius 1 is 1.71 bits per heavy atom. The number of nitrogens with one attached hydrogen (secondary N) is 1. The Hall–Kier alpha value is -0.550. The van der Waals surface area contributed by atoms with Gasteiger partial charge in [-0.1, -0.05) is 0 Å². The van der Waals surface area contributed by atoms with E-state index >= 15 is 0 Å². The van der Waals surface area contributed by atoms with Crippen LogP contribution in [0, 0.1) is 0 Å². The minimum Gasteiger partial charge on any atom is -0.313 e. The summed E-state index contributed by atoms with van der Waals surface area (Å²) in [5.41, 5.74) is 0. The summed E-state index contributed by atoms with van der Waals surface area (Å²) < 4.78 is 1.75. The fourth-order valence-corrected chi connectivity index (χ4v) is 2.77. The van der Waals surface area contributed by atoms with Gasteiger partial charge in [0.1, 0.15) is 6.33 Å². The van der Waals surface area contributed by atoms with Crippen molar-refractivity contribution in [2.45, 2.75) is 18.9 Å². The number of nitrogens with zero attached hydrogens (tertiary/aromatic N) is 3. The van der Waals surface area contributed by atoms with Gasteiger partial charge in [-0.05, 0) is 12.2 Å². The van der Waals surface area contributed by atoms with Crippen LogP contribution in [-0.4, -0.2) is 38.9 Å². The lowest BCUT2D eigenvalue weighted by Gasteiger charge is -2.09. The second-order valence-corrected chi connectivity index (χ2v) is 4.75. The second kappa shape index (κ2) is 4.79. The topological polar surface area (TPSA) is 42.7 Å². The van der Waals surface area contributed by atoms with Gasteiger partial charge in [-0.25, -0.2) is 4.98 Å². The van der Waals surface area contributed by atoms with Crippen LogP contribution in [0.3, 0.4) is 0 Å². The predicted octanol–water partition coefficient (Wildman–Crippen LogP) is 0.453. The first-order chi connectivity index (χ1) is 6.84. The highest BCUT2D eigenvalue weighted by molar-refractivity contribution is 7.99. The third-order valence-corrected chi connectivity index (χ3v) is 3.52. The summed E-state index contributed by atoms with van der Waals surface area (Å²) in [5, 5.41) is 7.76. The summed E-state index contributed by atoms with van der Waals surface area (Å²) in [4.78, 5) is 4.19. The highest BCUT2D eigenvalue weighted by atomic mass is 32.2. The Kier molecular flexibility index (Phi) is 3.42. The summed E-state index contributed by atoms with van der Waals surface area (Å²) in [7, 11) is 1.90. The van der Waals surface area contributed by atoms with Gasteiger partial charge in [0, 0.05) is 31.8 Å². The number of rotatable bonds is 4. The average Bonchev–Trinajstić information content (AvgIpc) is 2.77. The van der Waals surface area contributed by atoms with E-state index in [1.54, 1.807) is 11.0 Å². The molecule has 2 rings (SSSR count). The van der Waals surface area contributed by atoms with Crippen molar-refractivity contribution in [3.63, 3.8) is 0 Å². The first kappa shape index (κ1) is 9.98. The standard InChI is InChI=1S/C9H16N4S/c1-13-7-11-9(12-13)2-4-10-8-3-5-14-6-8/h7-8,10H,2-6H2,1H3. The monoisotopic (exact) mass is 212 g/mol. The van der Waals surface area contributed by atoms with Crippen LogP contribution in [0.15, 0.2) is 6.33 Å². The van der Waals surface area contributed by atoms with E-state index < -0.39 is 0 Å². The first-order valence-electron chi connectivity index (χ1n) is 5.00. The molecule has 78 valence electrons. The molecule has 0 bridgehead atoms. The van der Waals surface area contributed by atoms with Gasteiger partial charge in [-0.15, -0.1) is 0 Å². The SMILES string of the molecule is Cn1cnc(CCNC2CCSC2)n1. The van der Waals surface area contributed by atoms with Crippen molar-refractivity contribution < 1.29 is 0 Å².